The van der Waals surface area contributed by atoms with E-state index in [0.717, 1.165) is 0 Å². The van der Waals surface area contributed by atoms with E-state index in [4.69, 9.17) is 14.2 Å². The molecule has 0 spiro atoms. The molecule has 0 unspecified atom stereocenters. The molecule has 2 atom stereocenters. The summed E-state index contributed by atoms with van der Waals surface area (Å²) < 4.78 is 45.4. The third-order valence-corrected chi connectivity index (χ3v) is 5.35. The summed E-state index contributed by atoms with van der Waals surface area (Å²) in [5.41, 5.74) is 1.18. The lowest BCUT2D eigenvalue weighted by Crippen LogP contribution is -2.55. The Labute approximate surface area is 132 Å². The Morgan fingerprint density at radius 2 is 2.00 bits per heavy atom. The van der Waals surface area contributed by atoms with E-state index in [1.165, 1.54) is 9.88 Å². The zero-order chi connectivity index (χ0) is 16.0. The van der Waals surface area contributed by atoms with Gasteiger partial charge in [-0.25, -0.2) is 0 Å². The first-order valence-corrected chi connectivity index (χ1v) is 9.11. The topological polar surface area (TPSA) is 77.1 Å². The molecular formula is C14H26N2O5S. The third-order valence-electron chi connectivity index (χ3n) is 3.71. The Bertz CT molecular complexity index is 470. The Morgan fingerprint density at radius 3 is 2.68 bits per heavy atom. The molecule has 128 valence electrons. The van der Waals surface area contributed by atoms with Gasteiger partial charge in [0.25, 0.3) is 10.2 Å². The zero-order valence-corrected chi connectivity index (χ0v) is 14.1. The minimum Gasteiger partial charge on any atom is -0.380 e. The average Bonchev–Trinajstić information content (AvgIpc) is 2.49. The van der Waals surface area contributed by atoms with Gasteiger partial charge in [0.2, 0.25) is 0 Å². The average molecular weight is 334 g/mol. The molecule has 0 amide bonds. The van der Waals surface area contributed by atoms with Crippen molar-refractivity contribution in [1.29, 1.82) is 0 Å². The Kier molecular flexibility index (Phi) is 6.79. The van der Waals surface area contributed by atoms with Crippen LogP contribution in [0.5, 0.6) is 0 Å². The molecular weight excluding hydrogens is 308 g/mol. The molecule has 2 rings (SSSR count). The van der Waals surface area contributed by atoms with Crippen molar-refractivity contribution in [3.8, 4) is 0 Å². The molecule has 0 aliphatic carbocycles. The second-order valence-electron chi connectivity index (χ2n) is 5.76. The highest BCUT2D eigenvalue weighted by atomic mass is 32.2. The highest BCUT2D eigenvalue weighted by Crippen LogP contribution is 2.15. The summed E-state index contributed by atoms with van der Waals surface area (Å²) in [6.07, 6.45) is 2.51. The summed E-state index contributed by atoms with van der Waals surface area (Å²) in [5, 5.41) is 0. The molecule has 2 saturated heterocycles. The van der Waals surface area contributed by atoms with Gasteiger partial charge in [-0.1, -0.05) is 11.6 Å². The van der Waals surface area contributed by atoms with Crippen molar-refractivity contribution in [2.75, 3.05) is 46.1 Å². The predicted octanol–water partition coefficient (Wildman–Crippen LogP) is 0.293. The van der Waals surface area contributed by atoms with Crippen LogP contribution in [0.25, 0.3) is 0 Å². The van der Waals surface area contributed by atoms with Crippen LogP contribution in [-0.2, 0) is 24.4 Å². The second kappa shape index (κ2) is 8.37. The van der Waals surface area contributed by atoms with E-state index in [-0.39, 0.29) is 12.1 Å². The number of hydrogen-bond acceptors (Lipinski definition) is 5. The zero-order valence-electron chi connectivity index (χ0n) is 13.3. The van der Waals surface area contributed by atoms with Crippen molar-refractivity contribution >= 4 is 10.2 Å². The quantitative estimate of drug-likeness (QED) is 0.707. The van der Waals surface area contributed by atoms with Crippen LogP contribution in [0, 0.1) is 0 Å². The summed E-state index contributed by atoms with van der Waals surface area (Å²) in [5.74, 6) is 0. The summed E-state index contributed by atoms with van der Waals surface area (Å²) in [6, 6.07) is -0.354. The van der Waals surface area contributed by atoms with Crippen molar-refractivity contribution in [3.63, 3.8) is 0 Å². The van der Waals surface area contributed by atoms with E-state index in [0.29, 0.717) is 52.5 Å². The molecule has 0 bridgehead atoms. The number of nitrogens with one attached hydrogen (secondary N) is 1. The lowest BCUT2D eigenvalue weighted by Gasteiger charge is -2.34. The van der Waals surface area contributed by atoms with Crippen molar-refractivity contribution in [2.24, 2.45) is 0 Å². The first-order valence-electron chi connectivity index (χ1n) is 7.67. The number of morpholine rings is 1. The number of nitrogens with zero attached hydrogens (tertiary/aromatic N) is 1. The highest BCUT2D eigenvalue weighted by molar-refractivity contribution is 7.87. The number of allylic oxidation sites excluding steroid dienone is 1. The van der Waals surface area contributed by atoms with E-state index in [1.54, 1.807) is 0 Å². The standard InChI is InChI=1S/C14H26N2O5S/c1-12(2)3-8-21-14-4-7-20-11-13(14)15-22(17,18)16-5-9-19-10-6-16/h3,13-15H,4-11H2,1-2H3/t13-,14+/m0/s1. The van der Waals surface area contributed by atoms with Gasteiger partial charge >= 0.3 is 0 Å². The van der Waals surface area contributed by atoms with Crippen LogP contribution in [0.1, 0.15) is 20.3 Å². The maximum absolute atomic E-state index is 12.4. The van der Waals surface area contributed by atoms with Gasteiger partial charge in [-0.2, -0.15) is 17.4 Å². The molecule has 0 radical (unpaired) electrons. The fraction of sp³-hybridized carbons (Fsp3) is 0.857. The number of rotatable bonds is 6. The summed E-state index contributed by atoms with van der Waals surface area (Å²) in [6.45, 7) is 7.06. The normalized spacial score (nSPS) is 27.5. The van der Waals surface area contributed by atoms with E-state index in [9.17, 15) is 8.42 Å². The van der Waals surface area contributed by atoms with Gasteiger partial charge in [0, 0.05) is 19.7 Å². The lowest BCUT2D eigenvalue weighted by molar-refractivity contribution is -0.0424. The van der Waals surface area contributed by atoms with Crippen LogP contribution in [0.3, 0.4) is 0 Å². The van der Waals surface area contributed by atoms with E-state index >= 15 is 0 Å². The Morgan fingerprint density at radius 1 is 1.27 bits per heavy atom. The van der Waals surface area contributed by atoms with Gasteiger partial charge in [0.15, 0.2) is 0 Å². The van der Waals surface area contributed by atoms with Gasteiger partial charge < -0.3 is 14.2 Å². The number of ether oxygens (including phenoxy) is 3. The highest BCUT2D eigenvalue weighted by Gasteiger charge is 2.33. The molecule has 0 aromatic carbocycles. The molecule has 2 aliphatic heterocycles. The van der Waals surface area contributed by atoms with Crippen molar-refractivity contribution in [2.45, 2.75) is 32.4 Å². The van der Waals surface area contributed by atoms with E-state index < -0.39 is 10.2 Å². The maximum Gasteiger partial charge on any atom is 0.280 e. The van der Waals surface area contributed by atoms with Crippen LogP contribution < -0.4 is 4.72 Å². The summed E-state index contributed by atoms with van der Waals surface area (Å²) in [4.78, 5) is 0. The molecule has 1 N–H and O–H groups in total. The minimum atomic E-state index is -3.53. The predicted molar refractivity (Wildman–Crippen MR) is 82.8 cm³/mol. The fourth-order valence-corrected chi connectivity index (χ4v) is 3.80. The second-order valence-corrected chi connectivity index (χ2v) is 7.46. The van der Waals surface area contributed by atoms with Crippen LogP contribution in [0.15, 0.2) is 11.6 Å². The largest absolute Gasteiger partial charge is 0.380 e. The van der Waals surface area contributed by atoms with Gasteiger partial charge in [0.1, 0.15) is 0 Å². The molecule has 2 aliphatic rings. The Balaban J connectivity index is 1.93. The molecule has 2 fully saturated rings. The van der Waals surface area contributed by atoms with E-state index in [1.807, 2.05) is 19.9 Å². The number of hydrogen-bond donors (Lipinski definition) is 1. The monoisotopic (exact) mass is 334 g/mol. The van der Waals surface area contributed by atoms with Gasteiger partial charge in [-0.3, -0.25) is 0 Å². The van der Waals surface area contributed by atoms with Gasteiger partial charge in [0.05, 0.1) is 38.6 Å². The van der Waals surface area contributed by atoms with Gasteiger partial charge in [-0.15, -0.1) is 0 Å². The van der Waals surface area contributed by atoms with Crippen LogP contribution in [0.4, 0.5) is 0 Å². The van der Waals surface area contributed by atoms with Crippen molar-refractivity contribution < 1.29 is 22.6 Å². The molecule has 7 nitrogen and oxygen atoms in total. The third kappa shape index (κ3) is 5.29. The van der Waals surface area contributed by atoms with Crippen LogP contribution >= 0.6 is 0 Å². The SMILES string of the molecule is CC(C)=CCO[C@@H]1CCOC[C@@H]1NS(=O)(=O)N1CCOCC1. The fourth-order valence-electron chi connectivity index (χ4n) is 2.42. The molecule has 0 aromatic heterocycles. The summed E-state index contributed by atoms with van der Waals surface area (Å²) in [7, 11) is -3.53. The molecule has 8 heteroatoms. The molecule has 0 aromatic rings. The summed E-state index contributed by atoms with van der Waals surface area (Å²) >= 11 is 0. The molecule has 0 saturated carbocycles. The smallest absolute Gasteiger partial charge is 0.280 e. The lowest BCUT2D eigenvalue weighted by atomic mass is 10.1. The first kappa shape index (κ1) is 17.8. The van der Waals surface area contributed by atoms with Crippen molar-refractivity contribution in [3.05, 3.63) is 11.6 Å². The molecule has 2 heterocycles. The maximum atomic E-state index is 12.4. The van der Waals surface area contributed by atoms with Gasteiger partial charge in [-0.05, 0) is 20.3 Å². The van der Waals surface area contributed by atoms with Crippen LogP contribution in [-0.4, -0.2) is 71.0 Å². The first-order chi connectivity index (χ1) is 10.5. The van der Waals surface area contributed by atoms with E-state index in [2.05, 4.69) is 4.72 Å². The Hall–Kier alpha value is -0.510. The molecule has 22 heavy (non-hydrogen) atoms. The van der Waals surface area contributed by atoms with Crippen molar-refractivity contribution in [1.82, 2.24) is 9.03 Å². The minimum absolute atomic E-state index is 0.167. The van der Waals surface area contributed by atoms with Crippen LogP contribution in [0.2, 0.25) is 0 Å².